The van der Waals surface area contributed by atoms with Crippen LogP contribution in [0.4, 0.5) is 0 Å². The molecule has 0 bridgehead atoms. The number of hydrogen-bond acceptors (Lipinski definition) is 3. The number of fused-ring (bicyclic) bond motifs is 8. The Balaban J connectivity index is 1.23. The molecule has 0 N–H and O–H groups in total. The first-order valence-corrected chi connectivity index (χ1v) is 17.6. The molecule has 248 valence electrons. The maximum Gasteiger partial charge on any atom is 0.141 e. The van der Waals surface area contributed by atoms with Crippen molar-refractivity contribution in [1.29, 1.82) is 0 Å². The maximum absolute atomic E-state index is 6.74. The Hall–Kier alpha value is -5.42. The smallest absolute Gasteiger partial charge is 0.141 e. The molecule has 0 spiro atoms. The van der Waals surface area contributed by atoms with Crippen LogP contribution in [0.1, 0.15) is 77.6 Å². The van der Waals surface area contributed by atoms with Gasteiger partial charge in [-0.05, 0) is 82.1 Å². The van der Waals surface area contributed by atoms with E-state index in [9.17, 15) is 0 Å². The number of rotatable bonds is 3. The van der Waals surface area contributed by atoms with E-state index in [0.717, 1.165) is 39.7 Å². The summed E-state index contributed by atoms with van der Waals surface area (Å²) in [5.41, 5.74) is 9.49. The van der Waals surface area contributed by atoms with Crippen LogP contribution in [-0.2, 0) is 16.2 Å². The lowest BCUT2D eigenvalue weighted by Gasteiger charge is -2.35. The van der Waals surface area contributed by atoms with Crippen LogP contribution in [0.3, 0.4) is 0 Å². The van der Waals surface area contributed by atoms with Crippen molar-refractivity contribution in [2.45, 2.75) is 71.6 Å². The molecule has 0 saturated heterocycles. The van der Waals surface area contributed by atoms with Gasteiger partial charge in [0.1, 0.15) is 23.1 Å². The van der Waals surface area contributed by atoms with Crippen LogP contribution in [0.2, 0.25) is 0 Å². The van der Waals surface area contributed by atoms with Crippen molar-refractivity contribution in [2.75, 3.05) is 0 Å². The van der Waals surface area contributed by atoms with E-state index in [1.807, 2.05) is 12.4 Å². The molecule has 0 aliphatic carbocycles. The molecule has 8 aromatic rings. The molecule has 5 heteroatoms. The van der Waals surface area contributed by atoms with Gasteiger partial charge < -0.3 is 4.74 Å². The summed E-state index contributed by atoms with van der Waals surface area (Å²) in [4.78, 5) is 9.83. The zero-order chi connectivity index (χ0) is 34.7. The van der Waals surface area contributed by atoms with Gasteiger partial charge in [0, 0.05) is 57.0 Å². The van der Waals surface area contributed by atoms with E-state index >= 15 is 0 Å². The number of nitrogens with zero attached hydrogens (tertiary/aromatic N) is 4. The van der Waals surface area contributed by atoms with Gasteiger partial charge in [0.25, 0.3) is 0 Å². The molecule has 5 nitrogen and oxygen atoms in total. The molecule has 1 aliphatic rings. The normalized spacial score (nSPS) is 14.2. The molecule has 0 amide bonds. The van der Waals surface area contributed by atoms with E-state index in [2.05, 4.69) is 162 Å². The highest BCUT2D eigenvalue weighted by Gasteiger charge is 2.37. The van der Waals surface area contributed by atoms with Crippen LogP contribution < -0.4 is 4.74 Å². The molecular formula is C45H42N4O. The Labute approximate surface area is 293 Å². The van der Waals surface area contributed by atoms with Crippen molar-refractivity contribution >= 4 is 43.6 Å². The summed E-state index contributed by atoms with van der Waals surface area (Å²) in [7, 11) is 0. The number of aromatic nitrogens is 4. The van der Waals surface area contributed by atoms with E-state index in [1.54, 1.807) is 0 Å². The molecule has 1 aliphatic heterocycles. The van der Waals surface area contributed by atoms with E-state index in [0.29, 0.717) is 0 Å². The Bertz CT molecular complexity index is 2680. The SMILES string of the molecule is CC(C)(C)c1ccnc(-n2c3ccccc3c3ccc(Oc4ccc5c6cc(C(C)(C)C)cc7c6n(c5c4)-c4ncccc4C7(C)C)cc32)c1. The van der Waals surface area contributed by atoms with Crippen molar-refractivity contribution in [3.05, 3.63) is 132 Å². The van der Waals surface area contributed by atoms with Gasteiger partial charge in [-0.2, -0.15) is 0 Å². The van der Waals surface area contributed by atoms with Gasteiger partial charge in [0.05, 0.1) is 22.1 Å². The highest BCUT2D eigenvalue weighted by Crippen LogP contribution is 2.49. The Kier molecular flexibility index (Phi) is 6.31. The van der Waals surface area contributed by atoms with Crippen LogP contribution in [-0.4, -0.2) is 19.1 Å². The Morgan fingerprint density at radius 2 is 1.20 bits per heavy atom. The summed E-state index contributed by atoms with van der Waals surface area (Å²) >= 11 is 0. The predicted octanol–water partition coefficient (Wildman–Crippen LogP) is 11.7. The fourth-order valence-electron chi connectivity index (χ4n) is 7.93. The zero-order valence-corrected chi connectivity index (χ0v) is 30.1. The average molecular weight is 655 g/mol. The molecule has 0 fully saturated rings. The topological polar surface area (TPSA) is 44.9 Å². The quantitative estimate of drug-likeness (QED) is 0.190. The summed E-state index contributed by atoms with van der Waals surface area (Å²) in [6.07, 6.45) is 3.83. The van der Waals surface area contributed by atoms with Crippen molar-refractivity contribution in [1.82, 2.24) is 19.1 Å². The van der Waals surface area contributed by atoms with Crippen LogP contribution in [0.15, 0.2) is 109 Å². The minimum absolute atomic E-state index is 0.00711. The number of hydrogen-bond donors (Lipinski definition) is 0. The highest BCUT2D eigenvalue weighted by molar-refractivity contribution is 6.12. The molecule has 0 radical (unpaired) electrons. The van der Waals surface area contributed by atoms with Gasteiger partial charge in [-0.15, -0.1) is 0 Å². The summed E-state index contributed by atoms with van der Waals surface area (Å²) in [6.45, 7) is 18.3. The standard InChI is InChI=1S/C45H42N4O/c1-43(2,3)27-19-21-46-40(24-27)48-37-14-10-9-12-31(37)32-17-15-29(25-38(32)48)50-30-16-18-33-34-22-28(44(4,5)6)23-36-41(34)49(39(33)26-30)42-35(45(36,7)8)13-11-20-47-42/h9-26H,1-8H3. The van der Waals surface area contributed by atoms with Crippen LogP contribution in [0, 0.1) is 0 Å². The third-order valence-electron chi connectivity index (χ3n) is 10.8. The third-order valence-corrected chi connectivity index (χ3v) is 10.8. The first-order chi connectivity index (χ1) is 23.8. The summed E-state index contributed by atoms with van der Waals surface area (Å²) in [6, 6.07) is 34.9. The van der Waals surface area contributed by atoms with Gasteiger partial charge in [0.15, 0.2) is 0 Å². The predicted molar refractivity (Wildman–Crippen MR) is 207 cm³/mol. The summed E-state index contributed by atoms with van der Waals surface area (Å²) < 4.78 is 11.4. The van der Waals surface area contributed by atoms with Crippen LogP contribution in [0.5, 0.6) is 11.5 Å². The second-order valence-corrected chi connectivity index (χ2v) is 16.5. The summed E-state index contributed by atoms with van der Waals surface area (Å²) in [5.74, 6) is 3.45. The largest absolute Gasteiger partial charge is 0.457 e. The molecule has 4 aromatic carbocycles. The zero-order valence-electron chi connectivity index (χ0n) is 30.1. The fraction of sp³-hybridized carbons (Fsp3) is 0.244. The van der Waals surface area contributed by atoms with Gasteiger partial charge in [-0.25, -0.2) is 9.97 Å². The molecule has 9 rings (SSSR count). The Morgan fingerprint density at radius 1 is 0.540 bits per heavy atom. The second-order valence-electron chi connectivity index (χ2n) is 16.5. The Morgan fingerprint density at radius 3 is 1.92 bits per heavy atom. The fourth-order valence-corrected chi connectivity index (χ4v) is 7.93. The molecule has 0 atom stereocenters. The van der Waals surface area contributed by atoms with E-state index < -0.39 is 0 Å². The van der Waals surface area contributed by atoms with Gasteiger partial charge in [-0.3, -0.25) is 9.13 Å². The molecule has 4 aromatic heterocycles. The van der Waals surface area contributed by atoms with E-state index in [-0.39, 0.29) is 16.2 Å². The van der Waals surface area contributed by atoms with Crippen molar-refractivity contribution < 1.29 is 4.74 Å². The van der Waals surface area contributed by atoms with Crippen molar-refractivity contribution in [2.24, 2.45) is 0 Å². The lowest BCUT2D eigenvalue weighted by Crippen LogP contribution is -2.28. The van der Waals surface area contributed by atoms with E-state index in [4.69, 9.17) is 14.7 Å². The van der Waals surface area contributed by atoms with Gasteiger partial charge in [-0.1, -0.05) is 85.7 Å². The van der Waals surface area contributed by atoms with Gasteiger partial charge in [0.2, 0.25) is 0 Å². The first-order valence-electron chi connectivity index (χ1n) is 17.6. The minimum atomic E-state index is -0.193. The average Bonchev–Trinajstić information content (AvgIpc) is 3.59. The van der Waals surface area contributed by atoms with Crippen LogP contribution in [0.25, 0.3) is 55.2 Å². The number of benzene rings is 4. The van der Waals surface area contributed by atoms with Gasteiger partial charge >= 0.3 is 0 Å². The maximum atomic E-state index is 6.74. The molecule has 5 heterocycles. The second kappa shape index (κ2) is 10.3. The van der Waals surface area contributed by atoms with Crippen molar-refractivity contribution in [3.8, 4) is 23.1 Å². The molecular weight excluding hydrogens is 613 g/mol. The molecule has 50 heavy (non-hydrogen) atoms. The minimum Gasteiger partial charge on any atom is -0.457 e. The van der Waals surface area contributed by atoms with Crippen molar-refractivity contribution in [3.63, 3.8) is 0 Å². The van der Waals surface area contributed by atoms with Crippen LogP contribution >= 0.6 is 0 Å². The lowest BCUT2D eigenvalue weighted by molar-refractivity contribution is 0.484. The number of para-hydroxylation sites is 1. The highest BCUT2D eigenvalue weighted by atomic mass is 16.5. The number of pyridine rings is 2. The molecule has 0 unspecified atom stereocenters. The monoisotopic (exact) mass is 654 g/mol. The number of ether oxygens (including phenoxy) is 1. The summed E-state index contributed by atoms with van der Waals surface area (Å²) in [5, 5.41) is 4.82. The van der Waals surface area contributed by atoms with E-state index in [1.165, 1.54) is 49.3 Å². The molecule has 0 saturated carbocycles. The first kappa shape index (κ1) is 30.6. The third kappa shape index (κ3) is 4.45. The lowest BCUT2D eigenvalue weighted by atomic mass is 9.73.